The van der Waals surface area contributed by atoms with Crippen LogP contribution in [0.4, 0.5) is 0 Å². The van der Waals surface area contributed by atoms with Gasteiger partial charge in [-0.1, -0.05) is 6.07 Å². The second-order valence-electron chi connectivity index (χ2n) is 3.85. The van der Waals surface area contributed by atoms with Crippen molar-refractivity contribution < 1.29 is 0 Å². The second-order valence-corrected chi connectivity index (χ2v) is 4.83. The van der Waals surface area contributed by atoms with Crippen LogP contribution in [0.25, 0.3) is 0 Å². The molecule has 1 aromatic rings. The number of nitrogens with one attached hydrogen (secondary N) is 1. The molecule has 0 amide bonds. The van der Waals surface area contributed by atoms with Gasteiger partial charge in [0.05, 0.1) is 0 Å². The first-order valence-electron chi connectivity index (χ1n) is 5.11. The van der Waals surface area contributed by atoms with Crippen molar-refractivity contribution in [1.82, 2.24) is 10.2 Å². The molecule has 0 spiro atoms. The van der Waals surface area contributed by atoms with E-state index >= 15 is 0 Å². The molecule has 0 aliphatic rings. The number of rotatable bonds is 6. The fourth-order valence-electron chi connectivity index (χ4n) is 1.35. The summed E-state index contributed by atoms with van der Waals surface area (Å²) in [6.45, 7) is 4.48. The van der Waals surface area contributed by atoms with E-state index in [4.69, 9.17) is 0 Å². The lowest BCUT2D eigenvalue weighted by Crippen LogP contribution is -2.23. The Hall–Kier alpha value is -0.380. The van der Waals surface area contributed by atoms with Gasteiger partial charge in [0.15, 0.2) is 0 Å². The van der Waals surface area contributed by atoms with E-state index < -0.39 is 0 Å². The fourth-order valence-corrected chi connectivity index (χ4v) is 2.11. The maximum atomic E-state index is 3.52. The molecule has 1 N–H and O–H groups in total. The molecular formula is C11H20N2S. The van der Waals surface area contributed by atoms with Crippen molar-refractivity contribution >= 4 is 11.3 Å². The Morgan fingerprint density at radius 2 is 2.29 bits per heavy atom. The van der Waals surface area contributed by atoms with Crippen LogP contribution in [0.1, 0.15) is 24.3 Å². The van der Waals surface area contributed by atoms with Gasteiger partial charge in [-0.05, 0) is 52.0 Å². The molecule has 0 aliphatic carbocycles. The molecule has 0 saturated heterocycles. The smallest absolute Gasteiger partial charge is 0.0386 e. The van der Waals surface area contributed by atoms with Crippen molar-refractivity contribution in [2.45, 2.75) is 19.4 Å². The van der Waals surface area contributed by atoms with E-state index in [2.05, 4.69) is 48.7 Å². The Bertz CT molecular complexity index is 231. The largest absolute Gasteiger partial charge is 0.309 e. The molecule has 2 nitrogen and oxygen atoms in total. The van der Waals surface area contributed by atoms with Gasteiger partial charge in [-0.15, -0.1) is 11.3 Å². The molecule has 3 heteroatoms. The van der Waals surface area contributed by atoms with Gasteiger partial charge in [0.1, 0.15) is 0 Å². The summed E-state index contributed by atoms with van der Waals surface area (Å²) in [6, 6.07) is 4.80. The third kappa shape index (κ3) is 4.22. The summed E-state index contributed by atoms with van der Waals surface area (Å²) in [7, 11) is 4.23. The molecule has 14 heavy (non-hydrogen) atoms. The first-order valence-corrected chi connectivity index (χ1v) is 5.99. The zero-order chi connectivity index (χ0) is 10.4. The highest BCUT2D eigenvalue weighted by molar-refractivity contribution is 7.10. The van der Waals surface area contributed by atoms with E-state index in [1.807, 2.05) is 11.3 Å². The van der Waals surface area contributed by atoms with E-state index in [1.54, 1.807) is 0 Å². The molecule has 0 unspecified atom stereocenters. The lowest BCUT2D eigenvalue weighted by atomic mass is 10.2. The van der Waals surface area contributed by atoms with Crippen LogP contribution >= 0.6 is 11.3 Å². The SMILES string of the molecule is C[C@@H](NCCCN(C)C)c1cccs1. The maximum Gasteiger partial charge on any atom is 0.0386 e. The third-order valence-corrected chi connectivity index (χ3v) is 3.26. The molecule has 0 saturated carbocycles. The van der Waals surface area contributed by atoms with Crippen LogP contribution in [0.2, 0.25) is 0 Å². The molecule has 1 rings (SSSR count). The molecule has 0 aromatic carbocycles. The minimum atomic E-state index is 0.497. The van der Waals surface area contributed by atoms with Crippen LogP contribution < -0.4 is 5.32 Å². The number of nitrogens with zero attached hydrogens (tertiary/aromatic N) is 1. The van der Waals surface area contributed by atoms with Crippen LogP contribution in [-0.4, -0.2) is 32.1 Å². The van der Waals surface area contributed by atoms with Gasteiger partial charge in [-0.25, -0.2) is 0 Å². The van der Waals surface area contributed by atoms with Crippen molar-refractivity contribution in [3.05, 3.63) is 22.4 Å². The summed E-state index contributed by atoms with van der Waals surface area (Å²) >= 11 is 1.82. The average Bonchev–Trinajstić information content (AvgIpc) is 2.64. The van der Waals surface area contributed by atoms with Crippen molar-refractivity contribution in [3.8, 4) is 0 Å². The number of hydrogen-bond donors (Lipinski definition) is 1. The summed E-state index contributed by atoms with van der Waals surface area (Å²) in [5.74, 6) is 0. The zero-order valence-electron chi connectivity index (χ0n) is 9.29. The van der Waals surface area contributed by atoms with Crippen molar-refractivity contribution in [2.75, 3.05) is 27.2 Å². The highest BCUT2D eigenvalue weighted by atomic mass is 32.1. The fraction of sp³-hybridized carbons (Fsp3) is 0.636. The number of hydrogen-bond acceptors (Lipinski definition) is 3. The van der Waals surface area contributed by atoms with Crippen molar-refractivity contribution in [3.63, 3.8) is 0 Å². The summed E-state index contributed by atoms with van der Waals surface area (Å²) in [5.41, 5.74) is 0. The minimum Gasteiger partial charge on any atom is -0.309 e. The van der Waals surface area contributed by atoms with Gasteiger partial charge in [-0.3, -0.25) is 0 Å². The highest BCUT2D eigenvalue weighted by Crippen LogP contribution is 2.17. The van der Waals surface area contributed by atoms with E-state index in [1.165, 1.54) is 11.3 Å². The van der Waals surface area contributed by atoms with E-state index in [0.29, 0.717) is 6.04 Å². The van der Waals surface area contributed by atoms with Gasteiger partial charge >= 0.3 is 0 Å². The zero-order valence-corrected chi connectivity index (χ0v) is 10.1. The molecular weight excluding hydrogens is 192 g/mol. The van der Waals surface area contributed by atoms with Crippen molar-refractivity contribution in [1.29, 1.82) is 0 Å². The molecule has 1 atom stereocenters. The molecule has 0 fully saturated rings. The molecule has 0 bridgehead atoms. The first-order chi connectivity index (χ1) is 6.70. The van der Waals surface area contributed by atoms with E-state index in [9.17, 15) is 0 Å². The highest BCUT2D eigenvalue weighted by Gasteiger charge is 2.04. The first kappa shape index (κ1) is 11.7. The van der Waals surface area contributed by atoms with E-state index in [0.717, 1.165) is 13.1 Å². The summed E-state index contributed by atoms with van der Waals surface area (Å²) in [4.78, 5) is 3.65. The van der Waals surface area contributed by atoms with Crippen molar-refractivity contribution in [2.24, 2.45) is 0 Å². The lowest BCUT2D eigenvalue weighted by Gasteiger charge is -2.13. The summed E-state index contributed by atoms with van der Waals surface area (Å²) in [6.07, 6.45) is 1.21. The van der Waals surface area contributed by atoms with Gasteiger partial charge in [-0.2, -0.15) is 0 Å². The topological polar surface area (TPSA) is 15.3 Å². The molecule has 0 aliphatic heterocycles. The molecule has 1 heterocycles. The van der Waals surface area contributed by atoms with Crippen LogP contribution in [0.15, 0.2) is 17.5 Å². The van der Waals surface area contributed by atoms with E-state index in [-0.39, 0.29) is 0 Å². The summed E-state index contributed by atoms with van der Waals surface area (Å²) < 4.78 is 0. The molecule has 80 valence electrons. The Labute approximate surface area is 90.9 Å². The second kappa shape index (κ2) is 6.17. The molecule has 1 aromatic heterocycles. The quantitative estimate of drug-likeness (QED) is 0.728. The lowest BCUT2D eigenvalue weighted by molar-refractivity contribution is 0.389. The number of thiophene rings is 1. The standard InChI is InChI=1S/C11H20N2S/c1-10(11-6-4-9-14-11)12-7-5-8-13(2)3/h4,6,9-10,12H,5,7-8H2,1-3H3/t10-/m1/s1. The maximum absolute atomic E-state index is 3.52. The normalized spacial score (nSPS) is 13.4. The molecule has 0 radical (unpaired) electrons. The minimum absolute atomic E-state index is 0.497. The average molecular weight is 212 g/mol. The predicted molar refractivity (Wildman–Crippen MR) is 63.9 cm³/mol. The van der Waals surface area contributed by atoms with Gasteiger partial charge < -0.3 is 10.2 Å². The van der Waals surface area contributed by atoms with Crippen LogP contribution in [0.5, 0.6) is 0 Å². The Kier molecular flexibility index (Phi) is 5.15. The third-order valence-electron chi connectivity index (χ3n) is 2.20. The Morgan fingerprint density at radius 3 is 2.86 bits per heavy atom. The Morgan fingerprint density at radius 1 is 1.50 bits per heavy atom. The van der Waals surface area contributed by atoms with Gasteiger partial charge in [0, 0.05) is 10.9 Å². The van der Waals surface area contributed by atoms with Crippen LogP contribution in [-0.2, 0) is 0 Å². The van der Waals surface area contributed by atoms with Gasteiger partial charge in [0.2, 0.25) is 0 Å². The predicted octanol–water partition coefficient (Wildman–Crippen LogP) is 2.35. The van der Waals surface area contributed by atoms with Crippen LogP contribution in [0, 0.1) is 0 Å². The Balaban J connectivity index is 2.13. The summed E-state index contributed by atoms with van der Waals surface area (Å²) in [5, 5.41) is 5.66. The van der Waals surface area contributed by atoms with Crippen LogP contribution in [0.3, 0.4) is 0 Å². The monoisotopic (exact) mass is 212 g/mol. The van der Waals surface area contributed by atoms with Gasteiger partial charge in [0.25, 0.3) is 0 Å².